The van der Waals surface area contributed by atoms with Gasteiger partial charge in [0.1, 0.15) is 22.3 Å². The zero-order valence-corrected chi connectivity index (χ0v) is 27.7. The highest BCUT2D eigenvalue weighted by Crippen LogP contribution is 2.46. The molecule has 10 rings (SSSR count). The van der Waals surface area contributed by atoms with Crippen molar-refractivity contribution in [3.63, 3.8) is 0 Å². The third-order valence-electron chi connectivity index (χ3n) is 9.87. The van der Waals surface area contributed by atoms with Crippen LogP contribution in [-0.2, 0) is 0 Å². The zero-order valence-electron chi connectivity index (χ0n) is 27.7. The van der Waals surface area contributed by atoms with Gasteiger partial charge in [0.05, 0.1) is 0 Å². The van der Waals surface area contributed by atoms with Crippen LogP contribution < -0.4 is 4.90 Å². The van der Waals surface area contributed by atoms with Gasteiger partial charge < -0.3 is 13.7 Å². The average Bonchev–Trinajstić information content (AvgIpc) is 3.76. The minimum atomic E-state index is 0.823. The Morgan fingerprint density at radius 3 is 1.53 bits per heavy atom. The van der Waals surface area contributed by atoms with Crippen molar-refractivity contribution >= 4 is 60.9 Å². The lowest BCUT2D eigenvalue weighted by atomic mass is 9.95. The maximum Gasteiger partial charge on any atom is 0.144 e. The molecule has 0 saturated heterocycles. The largest absolute Gasteiger partial charge is 0.456 e. The Hall–Kier alpha value is -6.84. The molecule has 0 radical (unpaired) electrons. The van der Waals surface area contributed by atoms with E-state index in [9.17, 15) is 0 Å². The lowest BCUT2D eigenvalue weighted by molar-refractivity contribution is 0.664. The van der Waals surface area contributed by atoms with Crippen molar-refractivity contribution in [1.29, 1.82) is 0 Å². The molecule has 0 atom stereocenters. The first-order valence-electron chi connectivity index (χ1n) is 17.3. The smallest absolute Gasteiger partial charge is 0.144 e. The van der Waals surface area contributed by atoms with Gasteiger partial charge in [0, 0.05) is 50.2 Å². The van der Waals surface area contributed by atoms with E-state index < -0.39 is 0 Å². The van der Waals surface area contributed by atoms with Gasteiger partial charge in [-0.1, -0.05) is 133 Å². The van der Waals surface area contributed by atoms with E-state index in [1.165, 1.54) is 22.3 Å². The van der Waals surface area contributed by atoms with Crippen molar-refractivity contribution in [2.24, 2.45) is 0 Å². The monoisotopic (exact) mass is 653 g/mol. The number of rotatable bonds is 6. The highest BCUT2D eigenvalue weighted by molar-refractivity contribution is 6.23. The summed E-state index contributed by atoms with van der Waals surface area (Å²) in [7, 11) is 0. The number of benzene rings is 8. The molecule has 8 aromatic carbocycles. The molecule has 3 heteroatoms. The summed E-state index contributed by atoms with van der Waals surface area (Å²) in [6.07, 6.45) is 0. The summed E-state index contributed by atoms with van der Waals surface area (Å²) in [5.74, 6) is 0. The normalized spacial score (nSPS) is 11.5. The molecule has 0 amide bonds. The van der Waals surface area contributed by atoms with E-state index in [-0.39, 0.29) is 0 Å². The van der Waals surface area contributed by atoms with Gasteiger partial charge >= 0.3 is 0 Å². The molecular formula is C48H31NO2. The van der Waals surface area contributed by atoms with Crippen LogP contribution in [0.3, 0.4) is 0 Å². The predicted molar refractivity (Wildman–Crippen MR) is 212 cm³/mol. The van der Waals surface area contributed by atoms with E-state index in [1.54, 1.807) is 0 Å². The fourth-order valence-electron chi connectivity index (χ4n) is 7.44. The molecule has 2 heterocycles. The summed E-state index contributed by atoms with van der Waals surface area (Å²) in [6, 6.07) is 66.0. The predicted octanol–water partition coefficient (Wildman–Crippen LogP) is 14.0. The van der Waals surface area contributed by atoms with E-state index >= 15 is 0 Å². The third-order valence-corrected chi connectivity index (χ3v) is 9.87. The number of fused-ring (bicyclic) bond motifs is 6. The maximum absolute atomic E-state index is 6.95. The zero-order chi connectivity index (χ0) is 33.7. The molecule has 2 aromatic heterocycles. The van der Waals surface area contributed by atoms with E-state index in [4.69, 9.17) is 8.83 Å². The fraction of sp³-hybridized carbons (Fsp3) is 0. The summed E-state index contributed by atoms with van der Waals surface area (Å²) >= 11 is 0. The molecule has 0 aliphatic carbocycles. The SMILES string of the molecule is c1ccc(-c2ccc(-c3c4oc5cc(N(c6ccccc6)c6ccc(-c7ccccc7)cc6)ccc5c4cc4oc5ccccc5c34)cc2)cc1. The van der Waals surface area contributed by atoms with Crippen LogP contribution in [0.2, 0.25) is 0 Å². The van der Waals surface area contributed by atoms with Crippen LogP contribution in [-0.4, -0.2) is 0 Å². The molecule has 0 saturated carbocycles. The lowest BCUT2D eigenvalue weighted by Crippen LogP contribution is -2.09. The highest BCUT2D eigenvalue weighted by Gasteiger charge is 2.22. The summed E-state index contributed by atoms with van der Waals surface area (Å²) < 4.78 is 13.5. The first-order valence-corrected chi connectivity index (χ1v) is 17.3. The van der Waals surface area contributed by atoms with Crippen LogP contribution >= 0.6 is 0 Å². The second kappa shape index (κ2) is 11.9. The van der Waals surface area contributed by atoms with Crippen molar-refractivity contribution in [2.45, 2.75) is 0 Å². The first kappa shape index (κ1) is 29.1. The molecule has 0 N–H and O–H groups in total. The number of nitrogens with zero attached hydrogens (tertiary/aromatic N) is 1. The Bertz CT molecular complexity index is 2820. The van der Waals surface area contributed by atoms with Crippen LogP contribution in [0.25, 0.3) is 77.3 Å². The Morgan fingerprint density at radius 2 is 0.843 bits per heavy atom. The second-order valence-electron chi connectivity index (χ2n) is 12.9. The Kier molecular flexibility index (Phi) is 6.81. The topological polar surface area (TPSA) is 29.5 Å². The van der Waals surface area contributed by atoms with Crippen molar-refractivity contribution in [3.8, 4) is 33.4 Å². The third kappa shape index (κ3) is 4.98. The quantitative estimate of drug-likeness (QED) is 0.179. The molecule has 240 valence electrons. The van der Waals surface area contributed by atoms with Gasteiger partial charge in [-0.3, -0.25) is 0 Å². The first-order chi connectivity index (χ1) is 25.3. The van der Waals surface area contributed by atoms with E-state index in [2.05, 4.69) is 169 Å². The molecule has 0 fully saturated rings. The van der Waals surface area contributed by atoms with Crippen LogP contribution in [0.1, 0.15) is 0 Å². The Morgan fingerprint density at radius 1 is 0.314 bits per heavy atom. The lowest BCUT2D eigenvalue weighted by Gasteiger charge is -2.25. The highest BCUT2D eigenvalue weighted by atomic mass is 16.3. The van der Waals surface area contributed by atoms with E-state index in [1.807, 2.05) is 24.3 Å². The molecule has 10 aromatic rings. The molecule has 51 heavy (non-hydrogen) atoms. The van der Waals surface area contributed by atoms with E-state index in [0.717, 1.165) is 72.1 Å². The molecule has 3 nitrogen and oxygen atoms in total. The maximum atomic E-state index is 6.95. The molecule has 0 aliphatic rings. The van der Waals surface area contributed by atoms with Gasteiger partial charge in [-0.25, -0.2) is 0 Å². The second-order valence-corrected chi connectivity index (χ2v) is 12.9. The average molecular weight is 654 g/mol. The van der Waals surface area contributed by atoms with Gasteiger partial charge in [0.25, 0.3) is 0 Å². The van der Waals surface area contributed by atoms with Crippen molar-refractivity contribution in [3.05, 3.63) is 188 Å². The molecule has 0 aliphatic heterocycles. The number of hydrogen-bond donors (Lipinski definition) is 0. The van der Waals surface area contributed by atoms with Gasteiger partial charge in [-0.2, -0.15) is 0 Å². The van der Waals surface area contributed by atoms with Crippen LogP contribution in [0, 0.1) is 0 Å². The fourth-order valence-corrected chi connectivity index (χ4v) is 7.44. The number of anilines is 3. The van der Waals surface area contributed by atoms with Gasteiger partial charge in [0.15, 0.2) is 0 Å². The standard InChI is InChI=1S/C48H31NO2/c1-4-12-32(13-5-1)34-20-22-36(23-21-34)46-47-41-18-10-11-19-43(41)50-45(47)31-42-40-29-28-39(30-44(40)51-48(42)46)49(37-16-8-3-9-17-37)38-26-24-35(25-27-38)33-14-6-2-7-15-33/h1-31H. The summed E-state index contributed by atoms with van der Waals surface area (Å²) in [4.78, 5) is 2.28. The van der Waals surface area contributed by atoms with Crippen LogP contribution in [0.5, 0.6) is 0 Å². The van der Waals surface area contributed by atoms with Crippen LogP contribution in [0.15, 0.2) is 197 Å². The molecule has 0 unspecified atom stereocenters. The minimum absolute atomic E-state index is 0.823. The molecule has 0 spiro atoms. The summed E-state index contributed by atoms with van der Waals surface area (Å²) in [5.41, 5.74) is 13.4. The minimum Gasteiger partial charge on any atom is -0.456 e. The molecular weight excluding hydrogens is 623 g/mol. The van der Waals surface area contributed by atoms with Gasteiger partial charge in [-0.15, -0.1) is 0 Å². The van der Waals surface area contributed by atoms with Gasteiger partial charge in [-0.05, 0) is 76.3 Å². The van der Waals surface area contributed by atoms with Crippen LogP contribution in [0.4, 0.5) is 17.1 Å². The van der Waals surface area contributed by atoms with Crippen molar-refractivity contribution in [1.82, 2.24) is 0 Å². The summed E-state index contributed by atoms with van der Waals surface area (Å²) in [6.45, 7) is 0. The molecule has 0 bridgehead atoms. The Labute approximate surface area is 295 Å². The summed E-state index contributed by atoms with van der Waals surface area (Å²) in [5, 5.41) is 4.22. The number of furan rings is 2. The van der Waals surface area contributed by atoms with Gasteiger partial charge in [0.2, 0.25) is 0 Å². The number of para-hydroxylation sites is 2. The van der Waals surface area contributed by atoms with E-state index in [0.29, 0.717) is 0 Å². The Balaban J connectivity index is 1.16. The van der Waals surface area contributed by atoms with Crippen molar-refractivity contribution in [2.75, 3.05) is 4.90 Å². The number of hydrogen-bond acceptors (Lipinski definition) is 3. The van der Waals surface area contributed by atoms with Crippen molar-refractivity contribution < 1.29 is 8.83 Å².